The fraction of sp³-hybridized carbons (Fsp3) is 0.400. The monoisotopic (exact) mass is 418 g/mol. The van der Waals surface area contributed by atoms with Crippen LogP contribution in [0.15, 0.2) is 34.8 Å². The predicted octanol–water partition coefficient (Wildman–Crippen LogP) is 1.82. The van der Waals surface area contributed by atoms with E-state index in [1.165, 1.54) is 4.90 Å². The number of benzene rings is 1. The van der Waals surface area contributed by atoms with Crippen LogP contribution >= 0.6 is 15.9 Å². The number of hydrogen-bond acceptors (Lipinski definition) is 2. The van der Waals surface area contributed by atoms with E-state index >= 15 is 0 Å². The van der Waals surface area contributed by atoms with Gasteiger partial charge in [0.1, 0.15) is 6.54 Å². The van der Waals surface area contributed by atoms with Crippen molar-refractivity contribution < 1.29 is 14.5 Å². The third-order valence-electron chi connectivity index (χ3n) is 5.30. The van der Waals surface area contributed by atoms with Crippen LogP contribution in [0, 0.1) is 19.8 Å². The fourth-order valence-corrected chi connectivity index (χ4v) is 4.25. The number of carbonyl (C=O) groups is 2. The van der Waals surface area contributed by atoms with Gasteiger partial charge in [-0.2, -0.15) is 0 Å². The molecule has 6 heteroatoms. The van der Waals surface area contributed by atoms with Crippen molar-refractivity contribution in [2.45, 2.75) is 26.7 Å². The number of nitrogens with zero attached hydrogens (tertiary/aromatic N) is 1. The minimum Gasteiger partial charge on any atom is -0.369 e. The van der Waals surface area contributed by atoms with Crippen LogP contribution < -0.4 is 10.6 Å². The molecule has 0 saturated carbocycles. The van der Waals surface area contributed by atoms with E-state index < -0.39 is 0 Å². The molecule has 5 nitrogen and oxygen atoms in total. The quantitative estimate of drug-likeness (QED) is 0.726. The lowest BCUT2D eigenvalue weighted by Gasteiger charge is -2.27. The summed E-state index contributed by atoms with van der Waals surface area (Å²) in [6.45, 7) is 6.13. The van der Waals surface area contributed by atoms with Crippen molar-refractivity contribution in [2.75, 3.05) is 19.6 Å². The molecule has 0 radical (unpaired) electrons. The Morgan fingerprint density at radius 3 is 2.54 bits per heavy atom. The summed E-state index contributed by atoms with van der Waals surface area (Å²) in [5.41, 5.74) is 9.23. The fourth-order valence-electron chi connectivity index (χ4n) is 3.87. The van der Waals surface area contributed by atoms with E-state index in [1.54, 1.807) is 0 Å². The molecule has 0 atom stereocenters. The average Bonchev–Trinajstić information content (AvgIpc) is 2.90. The van der Waals surface area contributed by atoms with Gasteiger partial charge in [-0.25, -0.2) is 0 Å². The Labute approximate surface area is 162 Å². The zero-order valence-corrected chi connectivity index (χ0v) is 16.8. The van der Waals surface area contributed by atoms with Gasteiger partial charge in [0.2, 0.25) is 11.7 Å². The molecule has 2 aromatic rings. The summed E-state index contributed by atoms with van der Waals surface area (Å²) in [6, 6.07) is 10.1. The molecule has 0 aliphatic carbocycles. The van der Waals surface area contributed by atoms with Crippen LogP contribution in [0.3, 0.4) is 0 Å². The highest BCUT2D eigenvalue weighted by atomic mass is 79.9. The lowest BCUT2D eigenvalue weighted by atomic mass is 9.96. The number of likely N-dealkylation sites (tertiary alicyclic amines) is 1. The van der Waals surface area contributed by atoms with E-state index in [2.05, 4.69) is 20.5 Å². The Kier molecular flexibility index (Phi) is 5.63. The molecule has 1 amide bonds. The molecule has 0 unspecified atom stereocenters. The molecule has 26 heavy (non-hydrogen) atoms. The van der Waals surface area contributed by atoms with Gasteiger partial charge in [-0.1, -0.05) is 22.0 Å². The second-order valence-electron chi connectivity index (χ2n) is 7.13. The van der Waals surface area contributed by atoms with Crippen molar-refractivity contribution in [1.82, 2.24) is 4.57 Å². The molecule has 3 N–H and O–H groups in total. The van der Waals surface area contributed by atoms with Gasteiger partial charge in [0.05, 0.1) is 13.1 Å². The van der Waals surface area contributed by atoms with Gasteiger partial charge < -0.3 is 15.2 Å². The van der Waals surface area contributed by atoms with Crippen molar-refractivity contribution in [3.8, 4) is 5.69 Å². The number of nitrogens with one attached hydrogen (secondary N) is 1. The maximum Gasteiger partial charge on any atom is 0.220 e. The number of halogens is 1. The van der Waals surface area contributed by atoms with Crippen LogP contribution in [0.2, 0.25) is 0 Å². The number of primary amides is 1. The third kappa shape index (κ3) is 3.91. The Bertz CT molecular complexity index is 836. The number of nitrogens with two attached hydrogens (primary N) is 1. The third-order valence-corrected chi connectivity index (χ3v) is 5.80. The molecule has 1 aliphatic rings. The number of aryl methyl sites for hydroxylation is 1. The van der Waals surface area contributed by atoms with Crippen molar-refractivity contribution in [2.24, 2.45) is 11.7 Å². The van der Waals surface area contributed by atoms with Crippen LogP contribution in [-0.4, -0.2) is 35.9 Å². The van der Waals surface area contributed by atoms with Crippen LogP contribution in [-0.2, 0) is 4.79 Å². The van der Waals surface area contributed by atoms with E-state index in [0.717, 1.165) is 53.0 Å². The van der Waals surface area contributed by atoms with Gasteiger partial charge in [-0.3, -0.25) is 9.59 Å². The molecule has 1 fully saturated rings. The summed E-state index contributed by atoms with van der Waals surface area (Å²) in [5, 5.41) is 0. The smallest absolute Gasteiger partial charge is 0.220 e. The molecule has 2 heterocycles. The maximum absolute atomic E-state index is 12.9. The SMILES string of the molecule is Cc1cc(C(=O)C[NH+]2CCC(C(N)=O)CC2)c(C)n1-c1cccc(Br)c1. The van der Waals surface area contributed by atoms with Crippen molar-refractivity contribution in [1.29, 1.82) is 0 Å². The topological polar surface area (TPSA) is 69.5 Å². The predicted molar refractivity (Wildman–Crippen MR) is 105 cm³/mol. The summed E-state index contributed by atoms with van der Waals surface area (Å²) in [4.78, 5) is 25.4. The highest BCUT2D eigenvalue weighted by Crippen LogP contribution is 2.23. The molecule has 1 aromatic heterocycles. The van der Waals surface area contributed by atoms with Crippen LogP contribution in [0.5, 0.6) is 0 Å². The van der Waals surface area contributed by atoms with E-state index in [0.29, 0.717) is 6.54 Å². The van der Waals surface area contributed by atoms with E-state index in [1.807, 2.05) is 44.2 Å². The summed E-state index contributed by atoms with van der Waals surface area (Å²) in [7, 11) is 0. The second kappa shape index (κ2) is 7.76. The van der Waals surface area contributed by atoms with Gasteiger partial charge in [0, 0.05) is 45.9 Å². The normalized spacial score (nSPS) is 20.1. The van der Waals surface area contributed by atoms with Gasteiger partial charge in [-0.15, -0.1) is 0 Å². The molecule has 1 aromatic carbocycles. The Hall–Kier alpha value is -1.92. The first-order valence-electron chi connectivity index (χ1n) is 8.97. The van der Waals surface area contributed by atoms with Crippen molar-refractivity contribution >= 4 is 27.6 Å². The van der Waals surface area contributed by atoms with E-state index in [9.17, 15) is 9.59 Å². The van der Waals surface area contributed by atoms with Crippen LogP contribution in [0.4, 0.5) is 0 Å². The zero-order valence-electron chi connectivity index (χ0n) is 15.2. The zero-order chi connectivity index (χ0) is 18.8. The lowest BCUT2D eigenvalue weighted by Crippen LogP contribution is -3.14. The standard InChI is InChI=1S/C20H24BrN3O2/c1-13-10-18(14(2)24(13)17-5-3-4-16(21)11-17)19(25)12-23-8-6-15(7-9-23)20(22)26/h3-5,10-11,15H,6-9,12H2,1-2H3,(H2,22,26)/p+1. The Morgan fingerprint density at radius 2 is 1.92 bits per heavy atom. The molecule has 138 valence electrons. The van der Waals surface area contributed by atoms with E-state index in [4.69, 9.17) is 5.73 Å². The number of quaternary nitrogens is 1. The first kappa shape index (κ1) is 18.9. The molecular weight excluding hydrogens is 394 g/mol. The highest BCUT2D eigenvalue weighted by molar-refractivity contribution is 9.10. The molecule has 3 rings (SSSR count). The van der Waals surface area contributed by atoms with Crippen molar-refractivity contribution in [3.05, 3.63) is 51.8 Å². The number of piperidine rings is 1. The number of hydrogen-bond donors (Lipinski definition) is 2. The Balaban J connectivity index is 1.75. The average molecular weight is 419 g/mol. The first-order valence-corrected chi connectivity index (χ1v) is 9.77. The number of aromatic nitrogens is 1. The van der Waals surface area contributed by atoms with E-state index in [-0.39, 0.29) is 17.6 Å². The van der Waals surface area contributed by atoms with Crippen LogP contribution in [0.25, 0.3) is 5.69 Å². The lowest BCUT2D eigenvalue weighted by molar-refractivity contribution is -0.897. The first-order chi connectivity index (χ1) is 12.4. The Morgan fingerprint density at radius 1 is 1.23 bits per heavy atom. The van der Waals surface area contributed by atoms with Gasteiger partial charge in [-0.05, 0) is 38.1 Å². The maximum atomic E-state index is 12.9. The molecule has 0 spiro atoms. The molecule has 1 saturated heterocycles. The number of Topliss-reactive ketones (excluding diaryl/α,β-unsaturated/α-hetero) is 1. The summed E-state index contributed by atoms with van der Waals surface area (Å²) in [5.74, 6) is -0.0877. The van der Waals surface area contributed by atoms with Gasteiger partial charge in [0.25, 0.3) is 0 Å². The number of ketones is 1. The number of amides is 1. The van der Waals surface area contributed by atoms with Gasteiger partial charge >= 0.3 is 0 Å². The number of rotatable bonds is 5. The molecular formula is C20H25BrN3O2+. The molecule has 0 bridgehead atoms. The summed E-state index contributed by atoms with van der Waals surface area (Å²) >= 11 is 3.51. The van der Waals surface area contributed by atoms with Gasteiger partial charge in [0.15, 0.2) is 0 Å². The van der Waals surface area contributed by atoms with Crippen LogP contribution in [0.1, 0.15) is 34.6 Å². The summed E-state index contributed by atoms with van der Waals surface area (Å²) < 4.78 is 3.13. The molecule has 1 aliphatic heterocycles. The van der Waals surface area contributed by atoms with Crippen molar-refractivity contribution in [3.63, 3.8) is 0 Å². The minimum atomic E-state index is -0.215. The second-order valence-corrected chi connectivity index (χ2v) is 8.04. The highest BCUT2D eigenvalue weighted by Gasteiger charge is 2.28. The largest absolute Gasteiger partial charge is 0.369 e. The minimum absolute atomic E-state index is 0.0320. The summed E-state index contributed by atoms with van der Waals surface area (Å²) in [6.07, 6.45) is 1.55. The number of carbonyl (C=O) groups excluding carboxylic acids is 2.